The Bertz CT molecular complexity index is 107. The van der Waals surface area contributed by atoms with E-state index >= 15 is 0 Å². The van der Waals surface area contributed by atoms with Gasteiger partial charge in [0.25, 0.3) is 0 Å². The lowest BCUT2D eigenvalue weighted by atomic mass is 10.7. The first-order valence-electron chi connectivity index (χ1n) is 2.45. The summed E-state index contributed by atoms with van der Waals surface area (Å²) in [7, 11) is 0. The normalized spacial score (nSPS) is 9.33. The Morgan fingerprint density at radius 2 is 1.89 bits per heavy atom. The van der Waals surface area contributed by atoms with Crippen LogP contribution in [0.5, 0.6) is 0 Å². The summed E-state index contributed by atoms with van der Waals surface area (Å²) >= 11 is 6.87. The molecule has 0 amide bonds. The Kier molecular flexibility index (Phi) is 7.97. The summed E-state index contributed by atoms with van der Waals surface area (Å²) in [4.78, 5) is 0. The molecule has 0 saturated heterocycles. The van der Waals surface area contributed by atoms with Crippen molar-refractivity contribution in [3.8, 4) is 0 Å². The highest BCUT2D eigenvalue weighted by Crippen LogP contribution is 2.24. The summed E-state index contributed by atoms with van der Waals surface area (Å²) in [5.74, 6) is 0. The zero-order valence-corrected chi connectivity index (χ0v) is 11.4. The predicted molar refractivity (Wildman–Crippen MR) is 65.6 cm³/mol. The molecule has 1 nitrogen and oxygen atoms in total. The molecule has 0 atom stereocenters. The molecule has 9 heavy (non-hydrogen) atoms. The lowest BCUT2D eigenvalue weighted by Gasteiger charge is -1.98. The van der Waals surface area contributed by atoms with Crippen LogP contribution in [0.15, 0.2) is 5.17 Å². The second-order valence-electron chi connectivity index (χ2n) is 1.30. The molecule has 0 saturated carbocycles. The van der Waals surface area contributed by atoms with Crippen molar-refractivity contribution < 1.29 is 4.74 Å². The molecule has 0 aromatic heterocycles. The van der Waals surface area contributed by atoms with Crippen molar-refractivity contribution in [2.45, 2.75) is 6.92 Å². The third-order valence-corrected chi connectivity index (χ3v) is 4.86. The molecule has 0 rings (SSSR count). The molecular weight excluding hydrogens is 457 g/mol. The van der Waals surface area contributed by atoms with Gasteiger partial charge in [-0.1, -0.05) is 0 Å². The Morgan fingerprint density at radius 3 is 2.22 bits per heavy atom. The van der Waals surface area contributed by atoms with Crippen LogP contribution in [0.4, 0.5) is 0 Å². The van der Waals surface area contributed by atoms with E-state index in [0.717, 1.165) is 13.2 Å². The first-order chi connectivity index (χ1) is 4.18. The Hall–Kier alpha value is 1.89. The molecule has 0 unspecified atom stereocenters. The fourth-order valence-corrected chi connectivity index (χ4v) is 0.778. The van der Waals surface area contributed by atoms with Crippen molar-refractivity contribution in [3.05, 3.63) is 5.17 Å². The lowest BCUT2D eigenvalue weighted by Crippen LogP contribution is -1.91. The van der Waals surface area contributed by atoms with Gasteiger partial charge < -0.3 is 4.74 Å². The molecule has 0 bridgehead atoms. The van der Waals surface area contributed by atoms with Gasteiger partial charge in [0.2, 0.25) is 0 Å². The second kappa shape index (κ2) is 6.59. The summed E-state index contributed by atoms with van der Waals surface area (Å²) in [5, 5.41) is 0. The van der Waals surface area contributed by atoms with Gasteiger partial charge in [-0.25, -0.2) is 0 Å². The summed E-state index contributed by atoms with van der Waals surface area (Å²) in [6.07, 6.45) is 0. The molecule has 0 aliphatic rings. The van der Waals surface area contributed by atoms with Crippen LogP contribution < -0.4 is 0 Å². The van der Waals surface area contributed by atoms with Crippen LogP contribution in [0.25, 0.3) is 0 Å². The standard InChI is InChI=1S/C5H7I3O/c1-2-9-3-4(6)5(7)8/h2-3H2,1H3. The van der Waals surface area contributed by atoms with Crippen molar-refractivity contribution >= 4 is 67.8 Å². The van der Waals surface area contributed by atoms with E-state index in [9.17, 15) is 0 Å². The number of hydrogen-bond acceptors (Lipinski definition) is 1. The maximum atomic E-state index is 5.18. The lowest BCUT2D eigenvalue weighted by molar-refractivity contribution is 0.176. The van der Waals surface area contributed by atoms with E-state index in [-0.39, 0.29) is 0 Å². The van der Waals surface area contributed by atoms with Gasteiger partial charge in [-0.3, -0.25) is 0 Å². The van der Waals surface area contributed by atoms with E-state index in [1.807, 2.05) is 6.92 Å². The van der Waals surface area contributed by atoms with Crippen molar-refractivity contribution in [3.63, 3.8) is 0 Å². The van der Waals surface area contributed by atoms with E-state index in [0.29, 0.717) is 0 Å². The smallest absolute Gasteiger partial charge is 0.0788 e. The number of ether oxygens (including phenoxy) is 1. The molecule has 54 valence electrons. The first-order valence-corrected chi connectivity index (χ1v) is 5.69. The monoisotopic (exact) mass is 464 g/mol. The maximum Gasteiger partial charge on any atom is 0.0788 e. The van der Waals surface area contributed by atoms with Crippen LogP contribution in [0.3, 0.4) is 0 Å². The molecule has 0 aromatic rings. The van der Waals surface area contributed by atoms with Crippen molar-refractivity contribution in [2.75, 3.05) is 13.2 Å². The van der Waals surface area contributed by atoms with E-state index in [1.54, 1.807) is 0 Å². The number of rotatable bonds is 3. The van der Waals surface area contributed by atoms with Gasteiger partial charge in [-0.15, -0.1) is 0 Å². The molecule has 0 aliphatic carbocycles. The van der Waals surface area contributed by atoms with Crippen LogP contribution in [0.2, 0.25) is 0 Å². The highest BCUT2D eigenvalue weighted by molar-refractivity contribution is 14.2. The topological polar surface area (TPSA) is 9.23 Å². The molecular formula is C5H7I3O. The van der Waals surface area contributed by atoms with Gasteiger partial charge in [0.1, 0.15) is 0 Å². The minimum atomic E-state index is 0.762. The van der Waals surface area contributed by atoms with Gasteiger partial charge in [-0.2, -0.15) is 0 Å². The highest BCUT2D eigenvalue weighted by Gasteiger charge is 1.94. The van der Waals surface area contributed by atoms with Gasteiger partial charge in [0.05, 0.1) is 8.19 Å². The van der Waals surface area contributed by atoms with Crippen molar-refractivity contribution in [1.29, 1.82) is 0 Å². The summed E-state index contributed by atoms with van der Waals surface area (Å²) in [5.41, 5.74) is 0. The molecule has 0 fully saturated rings. The van der Waals surface area contributed by atoms with E-state index in [1.165, 1.54) is 5.17 Å². The van der Waals surface area contributed by atoms with Gasteiger partial charge >= 0.3 is 0 Å². The van der Waals surface area contributed by atoms with E-state index in [2.05, 4.69) is 67.8 Å². The maximum absolute atomic E-state index is 5.18. The van der Waals surface area contributed by atoms with Crippen LogP contribution >= 0.6 is 67.8 Å². The summed E-state index contributed by atoms with van der Waals surface area (Å²) < 4.78 is 7.76. The molecule has 0 N–H and O–H groups in total. The largest absolute Gasteiger partial charge is 0.377 e. The summed E-state index contributed by atoms with van der Waals surface area (Å²) in [6, 6.07) is 0. The molecule has 0 heterocycles. The fraction of sp³-hybridized carbons (Fsp3) is 0.600. The molecule has 0 spiro atoms. The van der Waals surface area contributed by atoms with E-state index < -0.39 is 0 Å². The quantitative estimate of drug-likeness (QED) is 0.582. The number of hydrogen-bond donors (Lipinski definition) is 0. The molecule has 0 aromatic carbocycles. The minimum Gasteiger partial charge on any atom is -0.377 e. The average molecular weight is 464 g/mol. The van der Waals surface area contributed by atoms with Gasteiger partial charge in [0.15, 0.2) is 0 Å². The van der Waals surface area contributed by atoms with Gasteiger partial charge in [0, 0.05) is 10.2 Å². The van der Waals surface area contributed by atoms with Crippen LogP contribution in [0, 0.1) is 0 Å². The third kappa shape index (κ3) is 6.29. The van der Waals surface area contributed by atoms with Crippen molar-refractivity contribution in [2.24, 2.45) is 0 Å². The predicted octanol–water partition coefficient (Wildman–Crippen LogP) is 3.50. The Labute approximate surface area is 96.4 Å². The van der Waals surface area contributed by atoms with Crippen LogP contribution in [-0.4, -0.2) is 13.2 Å². The van der Waals surface area contributed by atoms with E-state index in [4.69, 9.17) is 4.74 Å². The Balaban J connectivity index is 3.50. The first kappa shape index (κ1) is 10.9. The van der Waals surface area contributed by atoms with Crippen LogP contribution in [0.1, 0.15) is 6.92 Å². The van der Waals surface area contributed by atoms with Gasteiger partial charge in [-0.05, 0) is 74.7 Å². The highest BCUT2D eigenvalue weighted by atomic mass is 127. The van der Waals surface area contributed by atoms with Crippen LogP contribution in [-0.2, 0) is 4.74 Å². The zero-order valence-electron chi connectivity index (χ0n) is 4.96. The fourth-order valence-electron chi connectivity index (χ4n) is 0.246. The third-order valence-electron chi connectivity index (χ3n) is 0.638. The SMILES string of the molecule is CCOCC(I)=C(I)I. The second-order valence-corrected chi connectivity index (χ2v) is 6.83. The average Bonchev–Trinajstić information content (AvgIpc) is 1.82. The van der Waals surface area contributed by atoms with Crippen molar-refractivity contribution in [1.82, 2.24) is 0 Å². The molecule has 0 aliphatic heterocycles. The minimum absolute atomic E-state index is 0.762. The summed E-state index contributed by atoms with van der Waals surface area (Å²) in [6.45, 7) is 3.56. The Morgan fingerprint density at radius 1 is 1.33 bits per heavy atom. The molecule has 0 radical (unpaired) electrons. The zero-order chi connectivity index (χ0) is 7.28. The molecule has 4 heteroatoms. The number of halogens is 3.